The first-order valence-corrected chi connectivity index (χ1v) is 9.29. The van der Waals surface area contributed by atoms with Crippen molar-refractivity contribution in [3.8, 4) is 5.75 Å². The van der Waals surface area contributed by atoms with Crippen molar-refractivity contribution in [1.29, 1.82) is 0 Å². The van der Waals surface area contributed by atoms with Crippen molar-refractivity contribution in [2.45, 2.75) is 4.90 Å². The summed E-state index contributed by atoms with van der Waals surface area (Å²) in [7, 11) is 3.30. The SMILES string of the molecule is COc1cccc(NC(=O)CN(C)CC(=O)Nc2cccc(SC)c2)c1. The monoisotopic (exact) mass is 373 g/mol. The van der Waals surface area contributed by atoms with Gasteiger partial charge < -0.3 is 15.4 Å². The van der Waals surface area contributed by atoms with E-state index in [1.54, 1.807) is 55.1 Å². The minimum Gasteiger partial charge on any atom is -0.497 e. The number of amides is 2. The van der Waals surface area contributed by atoms with Crippen LogP contribution in [0.4, 0.5) is 11.4 Å². The summed E-state index contributed by atoms with van der Waals surface area (Å²) in [6.07, 6.45) is 1.98. The zero-order chi connectivity index (χ0) is 18.9. The summed E-state index contributed by atoms with van der Waals surface area (Å²) < 4.78 is 5.13. The maximum absolute atomic E-state index is 12.1. The number of nitrogens with one attached hydrogen (secondary N) is 2. The quantitative estimate of drug-likeness (QED) is 0.696. The molecular formula is C19H23N3O3S. The molecule has 26 heavy (non-hydrogen) atoms. The summed E-state index contributed by atoms with van der Waals surface area (Å²) in [5.74, 6) is 0.306. The highest BCUT2D eigenvalue weighted by Gasteiger charge is 2.11. The predicted octanol–water partition coefficient (Wildman–Crippen LogP) is 2.93. The van der Waals surface area contributed by atoms with Crippen LogP contribution in [0.5, 0.6) is 5.75 Å². The Morgan fingerprint density at radius 1 is 1.00 bits per heavy atom. The van der Waals surface area contributed by atoms with Crippen molar-refractivity contribution >= 4 is 35.0 Å². The fraction of sp³-hybridized carbons (Fsp3) is 0.263. The van der Waals surface area contributed by atoms with Gasteiger partial charge in [0.2, 0.25) is 11.8 Å². The predicted molar refractivity (Wildman–Crippen MR) is 106 cm³/mol. The minimum absolute atomic E-state index is 0.107. The lowest BCUT2D eigenvalue weighted by Crippen LogP contribution is -2.36. The Labute approximate surface area is 157 Å². The van der Waals surface area contributed by atoms with Gasteiger partial charge in [-0.1, -0.05) is 12.1 Å². The molecule has 0 bridgehead atoms. The van der Waals surface area contributed by atoms with Gasteiger partial charge in [-0.3, -0.25) is 14.5 Å². The molecule has 2 aromatic rings. The Bertz CT molecular complexity index is 704. The molecule has 2 aromatic carbocycles. The highest BCUT2D eigenvalue weighted by atomic mass is 32.2. The van der Waals surface area contributed by atoms with E-state index in [4.69, 9.17) is 4.74 Å². The molecule has 0 aromatic heterocycles. The molecule has 0 saturated carbocycles. The van der Waals surface area contributed by atoms with Crippen LogP contribution in [0.15, 0.2) is 53.4 Å². The van der Waals surface area contributed by atoms with E-state index in [1.807, 2.05) is 30.5 Å². The van der Waals surface area contributed by atoms with E-state index in [0.29, 0.717) is 11.4 Å². The fourth-order valence-electron chi connectivity index (χ4n) is 2.35. The summed E-state index contributed by atoms with van der Waals surface area (Å²) >= 11 is 1.61. The molecule has 7 heteroatoms. The number of methoxy groups -OCH3 is 1. The van der Waals surface area contributed by atoms with Gasteiger partial charge in [0.15, 0.2) is 0 Å². The van der Waals surface area contributed by atoms with Gasteiger partial charge in [-0.2, -0.15) is 0 Å². The number of carbonyl (C=O) groups is 2. The van der Waals surface area contributed by atoms with Crippen molar-refractivity contribution in [3.63, 3.8) is 0 Å². The number of thioether (sulfide) groups is 1. The third kappa shape index (κ3) is 6.42. The molecule has 6 nitrogen and oxygen atoms in total. The molecule has 0 unspecified atom stereocenters. The average molecular weight is 373 g/mol. The van der Waals surface area contributed by atoms with Gasteiger partial charge in [-0.25, -0.2) is 0 Å². The molecule has 0 aliphatic rings. The van der Waals surface area contributed by atoms with Gasteiger partial charge in [0, 0.05) is 22.3 Å². The highest BCUT2D eigenvalue weighted by Crippen LogP contribution is 2.19. The largest absolute Gasteiger partial charge is 0.497 e. The lowest BCUT2D eigenvalue weighted by atomic mass is 10.3. The van der Waals surface area contributed by atoms with Crippen LogP contribution in [0.25, 0.3) is 0 Å². The molecule has 0 heterocycles. The first kappa shape index (κ1) is 19.8. The van der Waals surface area contributed by atoms with Crippen molar-refractivity contribution in [2.75, 3.05) is 44.1 Å². The van der Waals surface area contributed by atoms with E-state index in [-0.39, 0.29) is 24.9 Å². The van der Waals surface area contributed by atoms with Crippen LogP contribution in [0.2, 0.25) is 0 Å². The van der Waals surface area contributed by atoms with Gasteiger partial charge in [0.1, 0.15) is 5.75 Å². The van der Waals surface area contributed by atoms with Gasteiger partial charge >= 0.3 is 0 Å². The van der Waals surface area contributed by atoms with Gasteiger partial charge in [0.25, 0.3) is 0 Å². The smallest absolute Gasteiger partial charge is 0.238 e. The summed E-state index contributed by atoms with van der Waals surface area (Å²) in [5.41, 5.74) is 1.40. The van der Waals surface area contributed by atoms with Crippen LogP contribution < -0.4 is 15.4 Å². The molecule has 0 atom stereocenters. The van der Waals surface area contributed by atoms with E-state index < -0.39 is 0 Å². The van der Waals surface area contributed by atoms with Crippen LogP contribution in [-0.4, -0.2) is 50.2 Å². The Balaban J connectivity index is 1.81. The van der Waals surface area contributed by atoms with Crippen LogP contribution >= 0.6 is 11.8 Å². The maximum atomic E-state index is 12.1. The summed E-state index contributed by atoms with van der Waals surface area (Å²) in [5, 5.41) is 5.63. The van der Waals surface area contributed by atoms with Gasteiger partial charge in [0.05, 0.1) is 20.2 Å². The lowest BCUT2D eigenvalue weighted by Gasteiger charge is -2.16. The Kier molecular flexibility index (Phi) is 7.50. The molecule has 0 aliphatic carbocycles. The molecule has 2 N–H and O–H groups in total. The third-order valence-corrected chi connectivity index (χ3v) is 4.26. The number of benzene rings is 2. The second kappa shape index (κ2) is 9.84. The standard InChI is InChI=1S/C19H23N3O3S/c1-22(12-18(23)20-14-6-4-8-16(10-14)25-2)13-19(24)21-15-7-5-9-17(11-15)26-3/h4-11H,12-13H2,1-3H3,(H,20,23)(H,21,24). The topological polar surface area (TPSA) is 70.7 Å². The summed E-state index contributed by atoms with van der Waals surface area (Å²) in [6.45, 7) is 0.227. The van der Waals surface area contributed by atoms with Crippen LogP contribution in [0.3, 0.4) is 0 Å². The van der Waals surface area contributed by atoms with Crippen LogP contribution in [0.1, 0.15) is 0 Å². The molecule has 0 fully saturated rings. The number of anilines is 2. The van der Waals surface area contributed by atoms with Gasteiger partial charge in [-0.15, -0.1) is 11.8 Å². The minimum atomic E-state index is -0.196. The number of carbonyl (C=O) groups excluding carboxylic acids is 2. The lowest BCUT2D eigenvalue weighted by molar-refractivity contribution is -0.119. The van der Waals surface area contributed by atoms with Gasteiger partial charge in [-0.05, 0) is 43.6 Å². The van der Waals surface area contributed by atoms with Crippen molar-refractivity contribution < 1.29 is 14.3 Å². The first-order valence-electron chi connectivity index (χ1n) is 8.06. The van der Waals surface area contributed by atoms with E-state index in [1.165, 1.54) is 0 Å². The van der Waals surface area contributed by atoms with E-state index in [2.05, 4.69) is 10.6 Å². The first-order chi connectivity index (χ1) is 12.5. The third-order valence-electron chi connectivity index (χ3n) is 3.53. The van der Waals surface area contributed by atoms with E-state index in [9.17, 15) is 9.59 Å². The maximum Gasteiger partial charge on any atom is 0.238 e. The van der Waals surface area contributed by atoms with Crippen molar-refractivity contribution in [1.82, 2.24) is 4.90 Å². The Morgan fingerprint density at radius 3 is 2.15 bits per heavy atom. The zero-order valence-electron chi connectivity index (χ0n) is 15.1. The number of nitrogens with zero attached hydrogens (tertiary/aromatic N) is 1. The normalized spacial score (nSPS) is 10.5. The molecule has 0 aliphatic heterocycles. The molecule has 2 rings (SSSR count). The molecule has 0 spiro atoms. The van der Waals surface area contributed by atoms with E-state index >= 15 is 0 Å². The Hall–Kier alpha value is -2.51. The average Bonchev–Trinajstić information content (AvgIpc) is 2.61. The molecule has 138 valence electrons. The molecule has 2 amide bonds. The van der Waals surface area contributed by atoms with Crippen LogP contribution in [-0.2, 0) is 9.59 Å². The second-order valence-corrected chi connectivity index (χ2v) is 6.61. The zero-order valence-corrected chi connectivity index (χ0v) is 15.9. The number of hydrogen-bond acceptors (Lipinski definition) is 5. The van der Waals surface area contributed by atoms with Crippen molar-refractivity contribution in [3.05, 3.63) is 48.5 Å². The molecule has 0 saturated heterocycles. The fourth-order valence-corrected chi connectivity index (χ4v) is 2.81. The second-order valence-electron chi connectivity index (χ2n) is 5.73. The Morgan fingerprint density at radius 2 is 1.58 bits per heavy atom. The van der Waals surface area contributed by atoms with Crippen molar-refractivity contribution in [2.24, 2.45) is 0 Å². The highest BCUT2D eigenvalue weighted by molar-refractivity contribution is 7.98. The molecular weight excluding hydrogens is 350 g/mol. The summed E-state index contributed by atoms with van der Waals surface area (Å²) in [6, 6.07) is 14.8. The van der Waals surface area contributed by atoms with E-state index in [0.717, 1.165) is 10.6 Å². The number of hydrogen-bond donors (Lipinski definition) is 2. The molecule has 0 radical (unpaired) electrons. The number of rotatable bonds is 8. The summed E-state index contributed by atoms with van der Waals surface area (Å²) in [4.78, 5) is 27.0. The number of ether oxygens (including phenoxy) is 1. The van der Waals surface area contributed by atoms with Crippen LogP contribution in [0, 0.1) is 0 Å². The number of likely N-dealkylation sites (N-methyl/N-ethyl adjacent to an activating group) is 1.